The summed E-state index contributed by atoms with van der Waals surface area (Å²) in [7, 11) is 0. The molecule has 7 heteroatoms. The quantitative estimate of drug-likeness (QED) is 0.277. The maximum atomic E-state index is 5.31. The molecule has 0 saturated carbocycles. The number of hydrogen-bond donors (Lipinski definition) is 0. The Bertz CT molecular complexity index is 163. The Hall–Kier alpha value is -0.280. The predicted octanol–water partition coefficient (Wildman–Crippen LogP) is 1.06. The predicted molar refractivity (Wildman–Crippen MR) is 77.3 cm³/mol. The van der Waals surface area contributed by atoms with Crippen LogP contribution in [0.15, 0.2) is 0 Å². The summed E-state index contributed by atoms with van der Waals surface area (Å²) >= 11 is 0. The molecule has 128 valence electrons. The smallest absolute Gasteiger partial charge is 0.146 e. The lowest BCUT2D eigenvalue weighted by Gasteiger charge is -2.08. The van der Waals surface area contributed by atoms with Crippen molar-refractivity contribution in [1.82, 2.24) is 0 Å². The zero-order valence-electron chi connectivity index (χ0n) is 13.3. The van der Waals surface area contributed by atoms with Crippen molar-refractivity contribution in [2.24, 2.45) is 0 Å². The Balaban J connectivity index is 2.90. The normalized spacial score (nSPS) is 11.1. The molecule has 0 radical (unpaired) electrons. The molecule has 0 aromatic rings. The van der Waals surface area contributed by atoms with E-state index in [0.29, 0.717) is 66.1 Å². The fraction of sp³-hybridized carbons (Fsp3) is 1.00. The van der Waals surface area contributed by atoms with Gasteiger partial charge in [0, 0.05) is 13.2 Å². The lowest BCUT2D eigenvalue weighted by molar-refractivity contribution is -0.0954. The highest BCUT2D eigenvalue weighted by atomic mass is 16.7. The average molecular weight is 310 g/mol. The van der Waals surface area contributed by atoms with E-state index in [1.54, 1.807) is 0 Å². The minimum atomic E-state index is 0.264. The van der Waals surface area contributed by atoms with Crippen LogP contribution in [-0.4, -0.2) is 79.7 Å². The van der Waals surface area contributed by atoms with Crippen molar-refractivity contribution in [3.05, 3.63) is 0 Å². The molecule has 0 bridgehead atoms. The summed E-state index contributed by atoms with van der Waals surface area (Å²) in [6, 6.07) is 0. The fourth-order valence-electron chi connectivity index (χ4n) is 1.22. The minimum Gasteiger partial charge on any atom is -0.379 e. The molecule has 0 aromatic heterocycles. The molecule has 7 nitrogen and oxygen atoms in total. The van der Waals surface area contributed by atoms with Gasteiger partial charge in [-0.3, -0.25) is 0 Å². The lowest BCUT2D eigenvalue weighted by atomic mass is 10.7. The van der Waals surface area contributed by atoms with Crippen LogP contribution >= 0.6 is 0 Å². The van der Waals surface area contributed by atoms with E-state index >= 15 is 0 Å². The van der Waals surface area contributed by atoms with Gasteiger partial charge in [-0.2, -0.15) is 0 Å². The van der Waals surface area contributed by atoms with Gasteiger partial charge in [0.1, 0.15) is 13.6 Å². The molecule has 0 aliphatic carbocycles. The first-order chi connectivity index (χ1) is 10.4. The third kappa shape index (κ3) is 19.7. The first-order valence-corrected chi connectivity index (χ1v) is 7.46. The van der Waals surface area contributed by atoms with Crippen molar-refractivity contribution < 1.29 is 33.2 Å². The summed E-state index contributed by atoms with van der Waals surface area (Å²) in [6.07, 6.45) is 0. The molecular weight excluding hydrogens is 280 g/mol. The SMILES string of the molecule is CCOCCOCOCCOCCOCOCCOCC. The Morgan fingerprint density at radius 2 is 0.667 bits per heavy atom. The highest BCUT2D eigenvalue weighted by Gasteiger charge is 1.93. The van der Waals surface area contributed by atoms with Crippen LogP contribution in [0.25, 0.3) is 0 Å². The Morgan fingerprint density at radius 1 is 0.381 bits per heavy atom. The van der Waals surface area contributed by atoms with Crippen LogP contribution in [0, 0.1) is 0 Å². The van der Waals surface area contributed by atoms with E-state index < -0.39 is 0 Å². The Morgan fingerprint density at radius 3 is 1.00 bits per heavy atom. The van der Waals surface area contributed by atoms with Gasteiger partial charge in [0.05, 0.1) is 52.9 Å². The van der Waals surface area contributed by atoms with E-state index in [2.05, 4.69) is 0 Å². The third-order valence-corrected chi connectivity index (χ3v) is 2.23. The molecule has 0 aromatic carbocycles. The summed E-state index contributed by atoms with van der Waals surface area (Å²) < 4.78 is 36.3. The van der Waals surface area contributed by atoms with Crippen molar-refractivity contribution in [3.63, 3.8) is 0 Å². The first-order valence-electron chi connectivity index (χ1n) is 7.46. The van der Waals surface area contributed by atoms with Crippen LogP contribution in [-0.2, 0) is 33.2 Å². The largest absolute Gasteiger partial charge is 0.379 e. The molecule has 0 aliphatic rings. The van der Waals surface area contributed by atoms with Gasteiger partial charge < -0.3 is 33.2 Å². The summed E-state index contributed by atoms with van der Waals surface area (Å²) in [6.45, 7) is 10.2. The summed E-state index contributed by atoms with van der Waals surface area (Å²) in [4.78, 5) is 0. The van der Waals surface area contributed by atoms with Crippen LogP contribution in [0.3, 0.4) is 0 Å². The van der Waals surface area contributed by atoms with Crippen molar-refractivity contribution in [2.75, 3.05) is 79.7 Å². The van der Waals surface area contributed by atoms with Crippen molar-refractivity contribution in [3.8, 4) is 0 Å². The second-order valence-electron chi connectivity index (χ2n) is 3.87. The minimum absolute atomic E-state index is 0.264. The van der Waals surface area contributed by atoms with E-state index in [9.17, 15) is 0 Å². The van der Waals surface area contributed by atoms with E-state index in [1.807, 2.05) is 13.8 Å². The van der Waals surface area contributed by atoms with Gasteiger partial charge in [0.15, 0.2) is 0 Å². The molecule has 0 atom stereocenters. The molecule has 0 heterocycles. The zero-order valence-corrected chi connectivity index (χ0v) is 13.3. The van der Waals surface area contributed by atoms with E-state index in [-0.39, 0.29) is 13.6 Å². The van der Waals surface area contributed by atoms with Gasteiger partial charge in [-0.25, -0.2) is 0 Å². The maximum absolute atomic E-state index is 5.31. The number of hydrogen-bond acceptors (Lipinski definition) is 7. The molecule has 0 rings (SSSR count). The first kappa shape index (κ1) is 20.7. The molecule has 0 aliphatic heterocycles. The monoisotopic (exact) mass is 310 g/mol. The van der Waals surface area contributed by atoms with Gasteiger partial charge >= 0.3 is 0 Å². The molecule has 0 unspecified atom stereocenters. The van der Waals surface area contributed by atoms with Gasteiger partial charge in [-0.15, -0.1) is 0 Å². The second kappa shape index (κ2) is 19.7. The number of rotatable bonds is 18. The summed E-state index contributed by atoms with van der Waals surface area (Å²) in [5.74, 6) is 0. The topological polar surface area (TPSA) is 64.6 Å². The van der Waals surface area contributed by atoms with E-state index in [0.717, 1.165) is 0 Å². The molecule has 0 spiro atoms. The summed E-state index contributed by atoms with van der Waals surface area (Å²) in [5.41, 5.74) is 0. The van der Waals surface area contributed by atoms with Gasteiger partial charge in [0.25, 0.3) is 0 Å². The second-order valence-corrected chi connectivity index (χ2v) is 3.87. The molecule has 21 heavy (non-hydrogen) atoms. The van der Waals surface area contributed by atoms with Crippen molar-refractivity contribution in [2.45, 2.75) is 13.8 Å². The number of ether oxygens (including phenoxy) is 7. The highest BCUT2D eigenvalue weighted by Crippen LogP contribution is 1.85. The molecule has 0 saturated heterocycles. The van der Waals surface area contributed by atoms with Gasteiger partial charge in [0.2, 0.25) is 0 Å². The molecule has 0 fully saturated rings. The molecule has 0 amide bonds. The van der Waals surface area contributed by atoms with Gasteiger partial charge in [-0.05, 0) is 13.8 Å². The van der Waals surface area contributed by atoms with Crippen molar-refractivity contribution >= 4 is 0 Å². The van der Waals surface area contributed by atoms with Crippen LogP contribution in [0.4, 0.5) is 0 Å². The Kier molecular flexibility index (Phi) is 19.5. The average Bonchev–Trinajstić information content (AvgIpc) is 2.50. The van der Waals surface area contributed by atoms with Crippen LogP contribution in [0.5, 0.6) is 0 Å². The Labute approximate surface area is 127 Å². The summed E-state index contributed by atoms with van der Waals surface area (Å²) in [5, 5.41) is 0. The van der Waals surface area contributed by atoms with E-state index in [4.69, 9.17) is 33.2 Å². The van der Waals surface area contributed by atoms with Gasteiger partial charge in [-0.1, -0.05) is 0 Å². The fourth-order valence-corrected chi connectivity index (χ4v) is 1.22. The zero-order chi connectivity index (χ0) is 15.4. The van der Waals surface area contributed by atoms with Crippen LogP contribution in [0.2, 0.25) is 0 Å². The lowest BCUT2D eigenvalue weighted by Crippen LogP contribution is -2.13. The highest BCUT2D eigenvalue weighted by molar-refractivity contribution is 4.31. The van der Waals surface area contributed by atoms with Crippen molar-refractivity contribution in [1.29, 1.82) is 0 Å². The van der Waals surface area contributed by atoms with E-state index in [1.165, 1.54) is 0 Å². The van der Waals surface area contributed by atoms with Crippen LogP contribution < -0.4 is 0 Å². The standard InChI is InChI=1S/C14H30O7/c1-3-15-5-9-18-13-20-11-7-17-8-12-21-14-19-10-6-16-4-2/h3-14H2,1-2H3. The third-order valence-electron chi connectivity index (χ3n) is 2.23. The molecular formula is C14H30O7. The molecule has 0 N–H and O–H groups in total. The maximum Gasteiger partial charge on any atom is 0.146 e. The van der Waals surface area contributed by atoms with Crippen LogP contribution in [0.1, 0.15) is 13.8 Å².